The van der Waals surface area contributed by atoms with Gasteiger partial charge in [-0.25, -0.2) is 14.4 Å². The average Bonchev–Trinajstić information content (AvgIpc) is 3.17. The molecule has 1 aliphatic rings. The van der Waals surface area contributed by atoms with Crippen LogP contribution >= 0.6 is 11.6 Å². The van der Waals surface area contributed by atoms with E-state index in [4.69, 9.17) is 16.3 Å². The topological polar surface area (TPSA) is 47.0 Å². The van der Waals surface area contributed by atoms with Crippen molar-refractivity contribution in [1.82, 2.24) is 9.97 Å². The molecular formula is C20H15ClFN3O. The van der Waals surface area contributed by atoms with Crippen LogP contribution in [0.4, 0.5) is 15.9 Å². The van der Waals surface area contributed by atoms with Crippen LogP contribution in [0.5, 0.6) is 0 Å². The van der Waals surface area contributed by atoms with Crippen LogP contribution in [0.1, 0.15) is 18.4 Å². The van der Waals surface area contributed by atoms with E-state index < -0.39 is 5.82 Å². The van der Waals surface area contributed by atoms with E-state index in [1.165, 1.54) is 18.5 Å². The quantitative estimate of drug-likeness (QED) is 0.667. The molecule has 0 aliphatic carbocycles. The predicted octanol–water partition coefficient (Wildman–Crippen LogP) is 4.70. The molecule has 0 amide bonds. The van der Waals surface area contributed by atoms with Crippen molar-refractivity contribution >= 4 is 34.0 Å². The van der Waals surface area contributed by atoms with Crippen LogP contribution in [0.2, 0.25) is 5.02 Å². The molecule has 2 aromatic carbocycles. The molecule has 0 bridgehead atoms. The number of nitrogens with one attached hydrogen (secondary N) is 1. The van der Waals surface area contributed by atoms with Crippen LogP contribution in [-0.4, -0.2) is 22.7 Å². The molecule has 0 spiro atoms. The first-order chi connectivity index (χ1) is 12.7. The standard InChI is InChI=1S/C20H15ClFN3O/c21-17-11-14(5-8-18(17)22)25-20-16-7-4-13(10-19(16)23-12-24-20)3-6-15-2-1-9-26-15/h4-5,7-8,10-12,15H,1-2,9H2,(H,23,24,25)/t15-/m0/s1. The Labute approximate surface area is 155 Å². The molecule has 0 radical (unpaired) electrons. The van der Waals surface area contributed by atoms with Crippen LogP contribution in [0.15, 0.2) is 42.7 Å². The fourth-order valence-corrected chi connectivity index (χ4v) is 2.98. The van der Waals surface area contributed by atoms with E-state index >= 15 is 0 Å². The Balaban J connectivity index is 1.63. The first-order valence-corrected chi connectivity index (χ1v) is 8.67. The highest BCUT2D eigenvalue weighted by molar-refractivity contribution is 6.31. The summed E-state index contributed by atoms with van der Waals surface area (Å²) < 4.78 is 18.8. The monoisotopic (exact) mass is 367 g/mol. The fourth-order valence-electron chi connectivity index (χ4n) is 2.80. The zero-order chi connectivity index (χ0) is 17.9. The highest BCUT2D eigenvalue weighted by atomic mass is 35.5. The molecule has 4 nitrogen and oxygen atoms in total. The van der Waals surface area contributed by atoms with E-state index in [-0.39, 0.29) is 11.1 Å². The van der Waals surface area contributed by atoms with Gasteiger partial charge in [0.1, 0.15) is 24.1 Å². The minimum Gasteiger partial charge on any atom is -0.366 e. The molecule has 4 rings (SSSR count). The molecule has 26 heavy (non-hydrogen) atoms. The number of fused-ring (bicyclic) bond motifs is 1. The normalized spacial score (nSPS) is 16.3. The number of ether oxygens (including phenoxy) is 1. The molecule has 130 valence electrons. The lowest BCUT2D eigenvalue weighted by Crippen LogP contribution is -1.99. The summed E-state index contributed by atoms with van der Waals surface area (Å²) in [6, 6.07) is 10.2. The Kier molecular flexibility index (Phi) is 4.70. The van der Waals surface area contributed by atoms with E-state index in [9.17, 15) is 4.39 Å². The van der Waals surface area contributed by atoms with Crippen molar-refractivity contribution in [2.24, 2.45) is 0 Å². The van der Waals surface area contributed by atoms with Crippen LogP contribution < -0.4 is 5.32 Å². The van der Waals surface area contributed by atoms with Gasteiger partial charge in [-0.3, -0.25) is 0 Å². The average molecular weight is 368 g/mol. The number of anilines is 2. The summed E-state index contributed by atoms with van der Waals surface area (Å²) in [5, 5.41) is 4.05. The van der Waals surface area contributed by atoms with E-state index in [0.717, 1.165) is 35.9 Å². The van der Waals surface area contributed by atoms with Crippen molar-refractivity contribution in [3.05, 3.63) is 59.1 Å². The van der Waals surface area contributed by atoms with E-state index in [0.29, 0.717) is 11.5 Å². The molecule has 1 saturated heterocycles. The predicted molar refractivity (Wildman–Crippen MR) is 100 cm³/mol. The van der Waals surface area contributed by atoms with Gasteiger partial charge in [-0.2, -0.15) is 0 Å². The van der Waals surface area contributed by atoms with Crippen molar-refractivity contribution in [2.45, 2.75) is 18.9 Å². The van der Waals surface area contributed by atoms with E-state index in [2.05, 4.69) is 27.1 Å². The molecule has 0 saturated carbocycles. The minimum atomic E-state index is -0.459. The van der Waals surface area contributed by atoms with E-state index in [1.807, 2.05) is 18.2 Å². The number of hydrogen-bond acceptors (Lipinski definition) is 4. The maximum atomic E-state index is 13.3. The highest BCUT2D eigenvalue weighted by Crippen LogP contribution is 2.26. The van der Waals surface area contributed by atoms with Gasteiger partial charge < -0.3 is 10.1 Å². The van der Waals surface area contributed by atoms with Gasteiger partial charge in [-0.05, 0) is 49.2 Å². The lowest BCUT2D eigenvalue weighted by atomic mass is 10.1. The first kappa shape index (κ1) is 16.8. The second kappa shape index (κ2) is 7.28. The Hall–Kier alpha value is -2.68. The van der Waals surface area contributed by atoms with E-state index in [1.54, 1.807) is 6.07 Å². The van der Waals surface area contributed by atoms with Crippen molar-refractivity contribution in [3.8, 4) is 11.8 Å². The summed E-state index contributed by atoms with van der Waals surface area (Å²) in [5.74, 6) is 6.46. The molecule has 1 N–H and O–H groups in total. The van der Waals surface area contributed by atoms with Crippen molar-refractivity contribution < 1.29 is 9.13 Å². The number of nitrogens with zero attached hydrogens (tertiary/aromatic N) is 2. The molecule has 1 fully saturated rings. The largest absolute Gasteiger partial charge is 0.366 e. The fraction of sp³-hybridized carbons (Fsp3) is 0.200. The van der Waals surface area contributed by atoms with Gasteiger partial charge in [0.05, 0.1) is 10.5 Å². The maximum Gasteiger partial charge on any atom is 0.141 e. The molecular weight excluding hydrogens is 353 g/mol. The van der Waals surface area contributed by atoms with Gasteiger partial charge in [0.2, 0.25) is 0 Å². The molecule has 6 heteroatoms. The Morgan fingerprint density at radius 1 is 1.19 bits per heavy atom. The third-order valence-corrected chi connectivity index (χ3v) is 4.42. The summed E-state index contributed by atoms with van der Waals surface area (Å²) in [7, 11) is 0. The summed E-state index contributed by atoms with van der Waals surface area (Å²) in [4.78, 5) is 8.60. The van der Waals surface area contributed by atoms with Gasteiger partial charge in [-0.1, -0.05) is 23.4 Å². The van der Waals surface area contributed by atoms with Gasteiger partial charge >= 0.3 is 0 Å². The summed E-state index contributed by atoms with van der Waals surface area (Å²) in [6.45, 7) is 0.784. The Morgan fingerprint density at radius 2 is 2.12 bits per heavy atom. The summed E-state index contributed by atoms with van der Waals surface area (Å²) >= 11 is 5.83. The van der Waals surface area contributed by atoms with Crippen LogP contribution in [-0.2, 0) is 4.74 Å². The van der Waals surface area contributed by atoms with Gasteiger partial charge in [0, 0.05) is 23.2 Å². The first-order valence-electron chi connectivity index (χ1n) is 8.29. The van der Waals surface area contributed by atoms with Gasteiger partial charge in [0.15, 0.2) is 0 Å². The van der Waals surface area contributed by atoms with Crippen molar-refractivity contribution in [1.29, 1.82) is 0 Å². The lowest BCUT2D eigenvalue weighted by Gasteiger charge is -2.09. The van der Waals surface area contributed by atoms with Crippen molar-refractivity contribution in [2.75, 3.05) is 11.9 Å². The number of rotatable bonds is 2. The third kappa shape index (κ3) is 3.62. The number of halogens is 2. The maximum absolute atomic E-state index is 13.3. The molecule has 1 aromatic heterocycles. The lowest BCUT2D eigenvalue weighted by molar-refractivity contribution is 0.152. The molecule has 1 aliphatic heterocycles. The smallest absolute Gasteiger partial charge is 0.141 e. The summed E-state index contributed by atoms with van der Waals surface area (Å²) in [6.07, 6.45) is 3.55. The zero-order valence-corrected chi connectivity index (χ0v) is 14.6. The zero-order valence-electron chi connectivity index (χ0n) is 13.8. The molecule has 1 atom stereocenters. The molecule has 3 aromatic rings. The Morgan fingerprint density at radius 3 is 2.92 bits per heavy atom. The Bertz CT molecular complexity index is 1020. The SMILES string of the molecule is Fc1ccc(Nc2ncnc3cc(C#C[C@@H]4CCCO4)ccc23)cc1Cl. The molecule has 2 heterocycles. The number of hydrogen-bond donors (Lipinski definition) is 1. The number of benzene rings is 2. The minimum absolute atomic E-state index is 0.0246. The van der Waals surface area contributed by atoms with Gasteiger partial charge in [0.25, 0.3) is 0 Å². The summed E-state index contributed by atoms with van der Waals surface area (Å²) in [5.41, 5.74) is 2.30. The second-order valence-corrected chi connectivity index (χ2v) is 6.39. The van der Waals surface area contributed by atoms with Crippen LogP contribution in [0.25, 0.3) is 10.9 Å². The van der Waals surface area contributed by atoms with Gasteiger partial charge in [-0.15, -0.1) is 0 Å². The van der Waals surface area contributed by atoms with Crippen LogP contribution in [0, 0.1) is 17.7 Å². The van der Waals surface area contributed by atoms with Crippen molar-refractivity contribution in [3.63, 3.8) is 0 Å². The van der Waals surface area contributed by atoms with Crippen LogP contribution in [0.3, 0.4) is 0 Å². The molecule has 0 unspecified atom stereocenters. The number of aromatic nitrogens is 2. The second-order valence-electron chi connectivity index (χ2n) is 5.98. The third-order valence-electron chi connectivity index (χ3n) is 4.13. The highest BCUT2D eigenvalue weighted by Gasteiger charge is 2.12.